The minimum atomic E-state index is 0.511. The largest absolute Gasteiger partial charge is 0.334 e. The van der Waals surface area contributed by atoms with Crippen molar-refractivity contribution in [3.05, 3.63) is 18.2 Å². The molecule has 1 saturated heterocycles. The highest BCUT2D eigenvalue weighted by Crippen LogP contribution is 2.39. The van der Waals surface area contributed by atoms with Crippen molar-refractivity contribution in [1.29, 1.82) is 0 Å². The zero-order valence-corrected chi connectivity index (χ0v) is 11.5. The normalized spacial score (nSPS) is 27.5. The maximum absolute atomic E-state index is 4.41. The summed E-state index contributed by atoms with van der Waals surface area (Å²) in [6, 6.07) is 0. The van der Waals surface area contributed by atoms with Crippen LogP contribution in [0.1, 0.15) is 57.1 Å². The monoisotopic (exact) mass is 247 g/mol. The molecule has 1 atom stereocenters. The summed E-state index contributed by atoms with van der Waals surface area (Å²) in [5.41, 5.74) is 1.97. The molecular weight excluding hydrogens is 222 g/mol. The first-order chi connectivity index (χ1) is 8.77. The third kappa shape index (κ3) is 2.46. The number of nitrogens with one attached hydrogen (secondary N) is 1. The molecule has 0 spiro atoms. The Balaban J connectivity index is 1.74. The van der Waals surface area contributed by atoms with Crippen LogP contribution in [-0.2, 0) is 6.54 Å². The molecule has 0 bridgehead atoms. The zero-order valence-electron chi connectivity index (χ0n) is 11.5. The lowest BCUT2D eigenvalue weighted by atomic mass is 9.88. The van der Waals surface area contributed by atoms with E-state index in [2.05, 4.69) is 28.0 Å². The van der Waals surface area contributed by atoms with E-state index in [0.29, 0.717) is 11.3 Å². The Bertz CT molecular complexity index is 384. The van der Waals surface area contributed by atoms with E-state index < -0.39 is 0 Å². The lowest BCUT2D eigenvalue weighted by Gasteiger charge is -2.28. The fourth-order valence-corrected chi connectivity index (χ4v) is 3.71. The van der Waals surface area contributed by atoms with Crippen molar-refractivity contribution in [2.45, 2.75) is 57.9 Å². The van der Waals surface area contributed by atoms with Gasteiger partial charge in [0.2, 0.25) is 0 Å². The summed E-state index contributed by atoms with van der Waals surface area (Å²) in [5.74, 6) is 0.672. The van der Waals surface area contributed by atoms with Crippen molar-refractivity contribution in [3.63, 3.8) is 0 Å². The standard InChI is InChI=1S/C15H25N3/c1-15(6-2-3-7-15)11-18-12-17-10-14(18)13-5-4-8-16-9-13/h10,12-13,16H,2-9,11H2,1H3. The lowest BCUT2D eigenvalue weighted by Crippen LogP contribution is -2.30. The molecule has 1 aliphatic carbocycles. The van der Waals surface area contributed by atoms with Gasteiger partial charge in [-0.2, -0.15) is 0 Å². The molecule has 18 heavy (non-hydrogen) atoms. The number of aromatic nitrogens is 2. The van der Waals surface area contributed by atoms with E-state index in [1.165, 1.54) is 57.3 Å². The molecule has 1 aromatic heterocycles. The highest BCUT2D eigenvalue weighted by Gasteiger charge is 2.30. The molecule has 2 heterocycles. The second-order valence-corrected chi connectivity index (χ2v) is 6.51. The maximum atomic E-state index is 4.41. The molecule has 1 aromatic rings. The van der Waals surface area contributed by atoms with Gasteiger partial charge in [-0.25, -0.2) is 4.98 Å². The first kappa shape index (κ1) is 12.2. The van der Waals surface area contributed by atoms with E-state index in [9.17, 15) is 0 Å². The van der Waals surface area contributed by atoms with Gasteiger partial charge in [-0.05, 0) is 37.6 Å². The summed E-state index contributed by atoms with van der Waals surface area (Å²) in [5, 5.41) is 3.51. The number of nitrogens with zero attached hydrogens (tertiary/aromatic N) is 2. The summed E-state index contributed by atoms with van der Waals surface area (Å²) in [6.45, 7) is 5.92. The predicted octanol–water partition coefficient (Wildman–Crippen LogP) is 2.93. The third-order valence-electron chi connectivity index (χ3n) is 4.82. The minimum absolute atomic E-state index is 0.511. The third-order valence-corrected chi connectivity index (χ3v) is 4.82. The summed E-state index contributed by atoms with van der Waals surface area (Å²) in [7, 11) is 0. The van der Waals surface area contributed by atoms with Crippen LogP contribution in [0.25, 0.3) is 0 Å². The molecule has 2 aliphatic rings. The molecule has 3 heteroatoms. The molecule has 2 fully saturated rings. The fraction of sp³-hybridized carbons (Fsp3) is 0.800. The summed E-state index contributed by atoms with van der Waals surface area (Å²) in [6.07, 6.45) is 12.3. The summed E-state index contributed by atoms with van der Waals surface area (Å²) >= 11 is 0. The quantitative estimate of drug-likeness (QED) is 0.890. The van der Waals surface area contributed by atoms with Crippen LogP contribution < -0.4 is 5.32 Å². The number of rotatable bonds is 3. The molecule has 3 rings (SSSR count). The Hall–Kier alpha value is -0.830. The van der Waals surface area contributed by atoms with Gasteiger partial charge in [0.1, 0.15) is 0 Å². The Labute approximate surface area is 110 Å². The fourth-order valence-electron chi connectivity index (χ4n) is 3.71. The smallest absolute Gasteiger partial charge is 0.0948 e. The van der Waals surface area contributed by atoms with Crippen molar-refractivity contribution >= 4 is 0 Å². The first-order valence-electron chi connectivity index (χ1n) is 7.48. The minimum Gasteiger partial charge on any atom is -0.334 e. The second kappa shape index (κ2) is 5.04. The van der Waals surface area contributed by atoms with Crippen molar-refractivity contribution in [1.82, 2.24) is 14.9 Å². The molecular formula is C15H25N3. The van der Waals surface area contributed by atoms with Gasteiger partial charge >= 0.3 is 0 Å². The van der Waals surface area contributed by atoms with E-state index in [0.717, 1.165) is 6.54 Å². The van der Waals surface area contributed by atoms with Gasteiger partial charge in [-0.3, -0.25) is 0 Å². The van der Waals surface area contributed by atoms with E-state index in [1.54, 1.807) is 0 Å². The first-order valence-corrected chi connectivity index (χ1v) is 7.48. The van der Waals surface area contributed by atoms with Crippen molar-refractivity contribution < 1.29 is 0 Å². The Morgan fingerprint density at radius 2 is 2.22 bits per heavy atom. The van der Waals surface area contributed by atoms with Crippen molar-refractivity contribution in [2.75, 3.05) is 13.1 Å². The summed E-state index contributed by atoms with van der Waals surface area (Å²) in [4.78, 5) is 4.41. The van der Waals surface area contributed by atoms with Crippen LogP contribution >= 0.6 is 0 Å². The van der Waals surface area contributed by atoms with Gasteiger partial charge < -0.3 is 9.88 Å². The molecule has 1 saturated carbocycles. The van der Waals surface area contributed by atoms with E-state index in [-0.39, 0.29) is 0 Å². The molecule has 1 aliphatic heterocycles. The van der Waals surface area contributed by atoms with Crippen LogP contribution in [0.3, 0.4) is 0 Å². The number of hydrogen-bond acceptors (Lipinski definition) is 2. The van der Waals surface area contributed by atoms with Crippen molar-refractivity contribution in [2.24, 2.45) is 5.41 Å². The van der Waals surface area contributed by atoms with Gasteiger partial charge in [0.15, 0.2) is 0 Å². The average molecular weight is 247 g/mol. The molecule has 3 nitrogen and oxygen atoms in total. The highest BCUT2D eigenvalue weighted by atomic mass is 15.1. The lowest BCUT2D eigenvalue weighted by molar-refractivity contribution is 0.273. The van der Waals surface area contributed by atoms with Gasteiger partial charge in [-0.1, -0.05) is 19.8 Å². The van der Waals surface area contributed by atoms with Crippen LogP contribution in [0.5, 0.6) is 0 Å². The van der Waals surface area contributed by atoms with Crippen LogP contribution in [0, 0.1) is 5.41 Å². The maximum Gasteiger partial charge on any atom is 0.0948 e. The Kier molecular flexibility index (Phi) is 3.42. The Morgan fingerprint density at radius 3 is 2.94 bits per heavy atom. The second-order valence-electron chi connectivity index (χ2n) is 6.51. The van der Waals surface area contributed by atoms with Crippen LogP contribution in [0.4, 0.5) is 0 Å². The molecule has 0 radical (unpaired) electrons. The number of hydrogen-bond donors (Lipinski definition) is 1. The van der Waals surface area contributed by atoms with E-state index in [4.69, 9.17) is 0 Å². The van der Waals surface area contributed by atoms with Gasteiger partial charge in [0, 0.05) is 30.9 Å². The topological polar surface area (TPSA) is 29.9 Å². The molecule has 1 N–H and O–H groups in total. The Morgan fingerprint density at radius 1 is 1.39 bits per heavy atom. The average Bonchev–Trinajstić information content (AvgIpc) is 3.00. The van der Waals surface area contributed by atoms with Gasteiger partial charge in [0.25, 0.3) is 0 Å². The molecule has 100 valence electrons. The zero-order chi connectivity index (χ0) is 12.4. The molecule has 0 aromatic carbocycles. The highest BCUT2D eigenvalue weighted by molar-refractivity contribution is 5.09. The number of piperidine rings is 1. The summed E-state index contributed by atoms with van der Waals surface area (Å²) < 4.78 is 2.43. The predicted molar refractivity (Wildman–Crippen MR) is 73.6 cm³/mol. The van der Waals surface area contributed by atoms with Crippen LogP contribution in [0.2, 0.25) is 0 Å². The molecule has 0 amide bonds. The van der Waals surface area contributed by atoms with Gasteiger partial charge in [0.05, 0.1) is 6.33 Å². The van der Waals surface area contributed by atoms with E-state index >= 15 is 0 Å². The van der Waals surface area contributed by atoms with Gasteiger partial charge in [-0.15, -0.1) is 0 Å². The van der Waals surface area contributed by atoms with Crippen LogP contribution in [0.15, 0.2) is 12.5 Å². The molecule has 1 unspecified atom stereocenters. The van der Waals surface area contributed by atoms with Crippen molar-refractivity contribution in [3.8, 4) is 0 Å². The van der Waals surface area contributed by atoms with E-state index in [1.807, 2.05) is 6.33 Å². The van der Waals surface area contributed by atoms with Crippen LogP contribution in [-0.4, -0.2) is 22.6 Å². The SMILES string of the molecule is CC1(Cn2cncc2C2CCCNC2)CCCC1. The number of imidazole rings is 1.